The maximum absolute atomic E-state index is 11.8. The van der Waals surface area contributed by atoms with E-state index in [1.165, 1.54) is 10.8 Å². The molecule has 0 aromatic heterocycles. The van der Waals surface area contributed by atoms with Crippen LogP contribution in [0.1, 0.15) is 31.2 Å². The van der Waals surface area contributed by atoms with E-state index in [1.54, 1.807) is 11.0 Å². The average Bonchev–Trinajstić information content (AvgIpc) is 2.70. The third kappa shape index (κ3) is 5.45. The molecule has 4 heteroatoms. The molecule has 3 rings (SSSR count). The molecule has 0 bridgehead atoms. The summed E-state index contributed by atoms with van der Waals surface area (Å²) in [6.45, 7) is 0.619. The Labute approximate surface area is 166 Å². The van der Waals surface area contributed by atoms with E-state index in [-0.39, 0.29) is 18.6 Å². The van der Waals surface area contributed by atoms with E-state index in [4.69, 9.17) is 5.11 Å². The van der Waals surface area contributed by atoms with Crippen LogP contribution in [0.5, 0.6) is 0 Å². The van der Waals surface area contributed by atoms with Crippen LogP contribution < -0.4 is 0 Å². The van der Waals surface area contributed by atoms with Crippen molar-refractivity contribution in [3.63, 3.8) is 0 Å². The van der Waals surface area contributed by atoms with Gasteiger partial charge in [-0.2, -0.15) is 0 Å². The van der Waals surface area contributed by atoms with E-state index < -0.39 is 6.10 Å². The van der Waals surface area contributed by atoms with Gasteiger partial charge in [-0.1, -0.05) is 60.5 Å². The number of carbonyl (C=O) groups is 1. The molecule has 1 aliphatic rings. The van der Waals surface area contributed by atoms with Crippen molar-refractivity contribution in [2.75, 3.05) is 13.2 Å². The summed E-state index contributed by atoms with van der Waals surface area (Å²) in [7, 11) is 0. The number of aliphatic hydroxyl groups is 2. The second-order valence-corrected chi connectivity index (χ2v) is 7.17. The van der Waals surface area contributed by atoms with Gasteiger partial charge >= 0.3 is 0 Å². The van der Waals surface area contributed by atoms with Crippen LogP contribution >= 0.6 is 0 Å². The van der Waals surface area contributed by atoms with Crippen LogP contribution in [0.25, 0.3) is 10.8 Å². The number of rotatable bonds is 8. The van der Waals surface area contributed by atoms with Gasteiger partial charge in [0.2, 0.25) is 5.91 Å². The summed E-state index contributed by atoms with van der Waals surface area (Å²) < 4.78 is 0. The molecule has 2 aromatic rings. The molecule has 1 unspecified atom stereocenters. The topological polar surface area (TPSA) is 60.8 Å². The minimum Gasteiger partial charge on any atom is -0.396 e. The number of nitrogens with zero attached hydrogens (tertiary/aromatic N) is 1. The number of aliphatic hydroxyl groups excluding tert-OH is 2. The van der Waals surface area contributed by atoms with E-state index in [0.29, 0.717) is 19.4 Å². The summed E-state index contributed by atoms with van der Waals surface area (Å²) in [5, 5.41) is 21.5. The highest BCUT2D eigenvalue weighted by molar-refractivity contribution is 5.84. The predicted molar refractivity (Wildman–Crippen MR) is 112 cm³/mol. The number of likely N-dealkylation sites (tertiary alicyclic amines) is 1. The molecule has 2 aromatic carbocycles. The number of benzene rings is 2. The predicted octanol–water partition coefficient (Wildman–Crippen LogP) is 3.07. The van der Waals surface area contributed by atoms with Crippen molar-refractivity contribution in [1.82, 2.24) is 4.90 Å². The van der Waals surface area contributed by atoms with Gasteiger partial charge in [0.1, 0.15) is 0 Å². The van der Waals surface area contributed by atoms with Gasteiger partial charge in [0.25, 0.3) is 0 Å². The normalized spacial score (nSPS) is 17.4. The lowest BCUT2D eigenvalue weighted by Gasteiger charge is -2.37. The van der Waals surface area contributed by atoms with Crippen molar-refractivity contribution >= 4 is 16.7 Å². The van der Waals surface area contributed by atoms with Crippen molar-refractivity contribution in [1.29, 1.82) is 0 Å². The Balaban J connectivity index is 1.49. The van der Waals surface area contributed by atoms with Crippen LogP contribution in [-0.2, 0) is 11.2 Å². The molecule has 1 aliphatic heterocycles. The largest absolute Gasteiger partial charge is 0.396 e. The summed E-state index contributed by atoms with van der Waals surface area (Å²) >= 11 is 0. The first-order valence-electron chi connectivity index (χ1n) is 9.87. The third-order valence-electron chi connectivity index (χ3n) is 5.00. The van der Waals surface area contributed by atoms with E-state index >= 15 is 0 Å². The fourth-order valence-corrected chi connectivity index (χ4v) is 3.34. The minimum absolute atomic E-state index is 0.0190. The number of amides is 1. The van der Waals surface area contributed by atoms with Gasteiger partial charge in [-0.15, -0.1) is 5.92 Å². The second-order valence-electron chi connectivity index (χ2n) is 7.17. The average molecular weight is 377 g/mol. The lowest BCUT2D eigenvalue weighted by Crippen LogP contribution is -2.51. The first-order chi connectivity index (χ1) is 13.7. The second kappa shape index (κ2) is 10.1. The minimum atomic E-state index is -0.580. The Morgan fingerprint density at radius 1 is 1.14 bits per heavy atom. The third-order valence-corrected chi connectivity index (χ3v) is 5.00. The molecule has 146 valence electrons. The van der Waals surface area contributed by atoms with E-state index in [1.807, 2.05) is 24.3 Å². The van der Waals surface area contributed by atoms with Crippen LogP contribution in [0.3, 0.4) is 0 Å². The van der Waals surface area contributed by atoms with E-state index in [0.717, 1.165) is 24.8 Å². The van der Waals surface area contributed by atoms with E-state index in [9.17, 15) is 9.90 Å². The molecule has 0 spiro atoms. The molecule has 1 fully saturated rings. The molecule has 0 radical (unpaired) electrons. The van der Waals surface area contributed by atoms with Crippen molar-refractivity contribution in [3.8, 4) is 11.8 Å². The molecular weight excluding hydrogens is 350 g/mol. The number of hydrogen-bond donors (Lipinski definition) is 2. The van der Waals surface area contributed by atoms with Gasteiger partial charge < -0.3 is 15.1 Å². The van der Waals surface area contributed by atoms with Crippen LogP contribution in [0, 0.1) is 11.8 Å². The van der Waals surface area contributed by atoms with Crippen molar-refractivity contribution in [2.45, 2.75) is 44.2 Å². The van der Waals surface area contributed by atoms with Gasteiger partial charge in [-0.25, -0.2) is 0 Å². The first-order valence-corrected chi connectivity index (χ1v) is 9.87. The zero-order valence-corrected chi connectivity index (χ0v) is 16.1. The zero-order chi connectivity index (χ0) is 19.8. The molecule has 1 heterocycles. The molecule has 4 nitrogen and oxygen atoms in total. The Hall–Kier alpha value is -2.61. The number of carbonyl (C=O) groups excluding carboxylic acids is 1. The van der Waals surface area contributed by atoms with E-state index in [2.05, 4.69) is 36.1 Å². The summed E-state index contributed by atoms with van der Waals surface area (Å²) in [4.78, 5) is 13.5. The molecule has 1 saturated heterocycles. The molecule has 28 heavy (non-hydrogen) atoms. The highest BCUT2D eigenvalue weighted by Gasteiger charge is 2.33. The summed E-state index contributed by atoms with van der Waals surface area (Å²) in [5.74, 6) is 6.17. The molecule has 2 N–H and O–H groups in total. The van der Waals surface area contributed by atoms with Gasteiger partial charge in [0, 0.05) is 19.4 Å². The smallest absolute Gasteiger partial charge is 0.226 e. The van der Waals surface area contributed by atoms with Gasteiger partial charge in [0.05, 0.1) is 25.1 Å². The number of fused-ring (bicyclic) bond motifs is 1. The molecule has 0 saturated carbocycles. The Morgan fingerprint density at radius 2 is 1.96 bits per heavy atom. The first kappa shape index (κ1) is 20.1. The lowest BCUT2D eigenvalue weighted by atomic mass is 9.99. The summed E-state index contributed by atoms with van der Waals surface area (Å²) in [5.41, 5.74) is 1.09. The van der Waals surface area contributed by atoms with Crippen LogP contribution in [0.15, 0.2) is 54.6 Å². The quantitative estimate of drug-likeness (QED) is 0.322. The molecule has 2 atom stereocenters. The maximum atomic E-state index is 11.8. The SMILES string of the molecule is O=C1C[C@H](C=CC(O)Cc2ccc3ccccc3c2)N1CC#CCCCCO. The Kier molecular flexibility index (Phi) is 7.25. The fraction of sp³-hybridized carbons (Fsp3) is 0.375. The van der Waals surface area contributed by atoms with Crippen LogP contribution in [0.2, 0.25) is 0 Å². The maximum Gasteiger partial charge on any atom is 0.226 e. The van der Waals surface area contributed by atoms with Crippen molar-refractivity contribution in [3.05, 3.63) is 60.2 Å². The summed E-state index contributed by atoms with van der Waals surface area (Å²) in [6.07, 6.45) is 6.53. The van der Waals surface area contributed by atoms with Crippen LogP contribution in [-0.4, -0.2) is 46.3 Å². The van der Waals surface area contributed by atoms with Gasteiger partial charge in [-0.3, -0.25) is 4.79 Å². The molecular formula is C24H27NO3. The fourth-order valence-electron chi connectivity index (χ4n) is 3.34. The highest BCUT2D eigenvalue weighted by Crippen LogP contribution is 2.21. The van der Waals surface area contributed by atoms with Crippen LogP contribution in [0.4, 0.5) is 0 Å². The molecule has 1 amide bonds. The number of β-lactam (4-membered cyclic amide) rings is 1. The lowest BCUT2D eigenvalue weighted by molar-refractivity contribution is -0.142. The van der Waals surface area contributed by atoms with Gasteiger partial charge in [0.15, 0.2) is 0 Å². The standard InChI is InChI=1S/C24H27NO3/c26-15-7-3-1-2-6-14-25-22(18-24(25)28)12-13-23(27)17-19-10-11-20-8-4-5-9-21(20)16-19/h4-5,8-13,16,22-23,26-27H,1,3,7,14-15,17-18H2/t22-,23?/m0/s1. The number of unbranched alkanes of at least 4 members (excludes halogenated alkanes) is 2. The highest BCUT2D eigenvalue weighted by atomic mass is 16.3. The monoisotopic (exact) mass is 377 g/mol. The summed E-state index contributed by atoms with van der Waals surface area (Å²) in [6, 6.07) is 14.4. The Morgan fingerprint density at radius 3 is 2.75 bits per heavy atom. The Bertz CT molecular complexity index is 893. The molecule has 0 aliphatic carbocycles. The number of hydrogen-bond acceptors (Lipinski definition) is 3. The van der Waals surface area contributed by atoms with Gasteiger partial charge in [-0.05, 0) is 29.2 Å². The van der Waals surface area contributed by atoms with Crippen molar-refractivity contribution < 1.29 is 15.0 Å². The zero-order valence-electron chi connectivity index (χ0n) is 16.1. The van der Waals surface area contributed by atoms with Crippen molar-refractivity contribution in [2.24, 2.45) is 0 Å².